The third-order valence-electron chi connectivity index (χ3n) is 8.62. The van der Waals surface area contributed by atoms with Gasteiger partial charge in [-0.3, -0.25) is 9.69 Å². The molecule has 1 aromatic heterocycles. The number of hydrogen-bond acceptors (Lipinski definition) is 6. The van der Waals surface area contributed by atoms with Crippen LogP contribution in [0.1, 0.15) is 73.5 Å². The molecule has 5 rings (SSSR count). The highest BCUT2D eigenvalue weighted by atomic mass is 16.6. The Balaban J connectivity index is 1.06. The number of hydrogen-bond donors (Lipinski definition) is 2. The number of amides is 2. The maximum absolute atomic E-state index is 13.3. The zero-order valence-electron chi connectivity index (χ0n) is 26.9. The van der Waals surface area contributed by atoms with Crippen LogP contribution in [0.2, 0.25) is 0 Å². The number of carbonyl (C=O) groups excluding carboxylic acids is 2. The summed E-state index contributed by atoms with van der Waals surface area (Å²) in [6.07, 6.45) is 5.24. The van der Waals surface area contributed by atoms with Crippen LogP contribution in [0.25, 0.3) is 11.1 Å². The third-order valence-corrected chi connectivity index (χ3v) is 8.62. The van der Waals surface area contributed by atoms with E-state index >= 15 is 0 Å². The van der Waals surface area contributed by atoms with Crippen LogP contribution in [-0.2, 0) is 11.3 Å². The van der Waals surface area contributed by atoms with E-state index in [0.29, 0.717) is 0 Å². The fourth-order valence-electron chi connectivity index (χ4n) is 6.11. The van der Waals surface area contributed by atoms with Crippen LogP contribution >= 0.6 is 0 Å². The second-order valence-electron chi connectivity index (χ2n) is 13.3. The number of nitrogens with one attached hydrogen (secondary N) is 2. The minimum atomic E-state index is -0.489. The SMILES string of the molecule is Cc1ccc(-c2cccc(C(=O)NC3CCN(Cc4ccc(N5CCC(NC(=O)OC(C)(C)C)CC5)nc4)CC3)c2C)cc1. The highest BCUT2D eigenvalue weighted by Crippen LogP contribution is 2.27. The van der Waals surface area contributed by atoms with E-state index in [4.69, 9.17) is 9.72 Å². The van der Waals surface area contributed by atoms with Crippen molar-refractivity contribution in [3.05, 3.63) is 83.0 Å². The van der Waals surface area contributed by atoms with Gasteiger partial charge in [0.2, 0.25) is 0 Å². The molecule has 2 saturated heterocycles. The number of aromatic nitrogens is 1. The van der Waals surface area contributed by atoms with Crippen molar-refractivity contribution in [2.45, 2.75) is 84.5 Å². The Bertz CT molecular complexity index is 1420. The standard InChI is InChI=1S/C36H47N5O3/c1-25-9-12-28(13-10-25)31-7-6-8-32(26(31)2)34(42)38-29-15-19-40(20-16-29)24-27-11-14-33(37-23-27)41-21-17-30(18-22-41)39-35(43)44-36(3,4)5/h6-14,23,29-30H,15-22,24H2,1-5H3,(H,38,42)(H,39,43). The van der Waals surface area contributed by atoms with Gasteiger partial charge in [-0.15, -0.1) is 0 Å². The van der Waals surface area contributed by atoms with E-state index in [-0.39, 0.29) is 24.1 Å². The average Bonchev–Trinajstić information content (AvgIpc) is 2.99. The van der Waals surface area contributed by atoms with E-state index in [0.717, 1.165) is 86.5 Å². The lowest BCUT2D eigenvalue weighted by Gasteiger charge is -2.34. The smallest absolute Gasteiger partial charge is 0.407 e. The van der Waals surface area contributed by atoms with Gasteiger partial charge < -0.3 is 20.3 Å². The Hall–Kier alpha value is -3.91. The van der Waals surface area contributed by atoms with Crippen molar-refractivity contribution in [3.63, 3.8) is 0 Å². The van der Waals surface area contributed by atoms with Crippen LogP contribution in [0.5, 0.6) is 0 Å². The molecule has 44 heavy (non-hydrogen) atoms. The molecule has 3 heterocycles. The summed E-state index contributed by atoms with van der Waals surface area (Å²) in [4.78, 5) is 34.8. The molecule has 0 spiro atoms. The van der Waals surface area contributed by atoms with Gasteiger partial charge in [-0.25, -0.2) is 9.78 Å². The van der Waals surface area contributed by atoms with Crippen LogP contribution in [-0.4, -0.2) is 65.7 Å². The minimum Gasteiger partial charge on any atom is -0.444 e. The number of anilines is 1. The van der Waals surface area contributed by atoms with E-state index in [1.165, 1.54) is 11.1 Å². The molecule has 0 atom stereocenters. The fraction of sp³-hybridized carbons (Fsp3) is 0.472. The first-order valence-corrected chi connectivity index (χ1v) is 15.9. The summed E-state index contributed by atoms with van der Waals surface area (Å²) in [7, 11) is 0. The number of ether oxygens (including phenoxy) is 1. The summed E-state index contributed by atoms with van der Waals surface area (Å²) in [5.41, 5.74) is 5.94. The third kappa shape index (κ3) is 8.38. The summed E-state index contributed by atoms with van der Waals surface area (Å²) < 4.78 is 5.39. The first-order chi connectivity index (χ1) is 21.0. The highest BCUT2D eigenvalue weighted by Gasteiger charge is 2.25. The van der Waals surface area contributed by atoms with E-state index < -0.39 is 5.60 Å². The molecule has 0 saturated carbocycles. The van der Waals surface area contributed by atoms with Gasteiger partial charge in [0.25, 0.3) is 5.91 Å². The second kappa shape index (κ2) is 13.8. The molecule has 3 aromatic rings. The summed E-state index contributed by atoms with van der Waals surface area (Å²) >= 11 is 0. The van der Waals surface area contributed by atoms with Crippen molar-refractivity contribution < 1.29 is 14.3 Å². The Kier molecular flexibility index (Phi) is 9.89. The molecule has 2 amide bonds. The maximum Gasteiger partial charge on any atom is 0.407 e. The predicted molar refractivity (Wildman–Crippen MR) is 176 cm³/mol. The van der Waals surface area contributed by atoms with Crippen molar-refractivity contribution >= 4 is 17.8 Å². The number of carbonyl (C=O) groups is 2. The molecule has 8 nitrogen and oxygen atoms in total. The lowest BCUT2D eigenvalue weighted by molar-refractivity contribution is 0.0497. The molecule has 0 radical (unpaired) electrons. The van der Waals surface area contributed by atoms with Crippen molar-refractivity contribution in [3.8, 4) is 11.1 Å². The minimum absolute atomic E-state index is 0.0133. The Morgan fingerprint density at radius 1 is 0.864 bits per heavy atom. The van der Waals surface area contributed by atoms with Gasteiger partial charge in [0.15, 0.2) is 0 Å². The fourth-order valence-corrected chi connectivity index (χ4v) is 6.11. The molecule has 0 unspecified atom stereocenters. The van der Waals surface area contributed by atoms with Gasteiger partial charge in [-0.05, 0) is 94.7 Å². The van der Waals surface area contributed by atoms with E-state index in [9.17, 15) is 9.59 Å². The molecular formula is C36H47N5O3. The van der Waals surface area contributed by atoms with Crippen molar-refractivity contribution in [1.29, 1.82) is 0 Å². The lowest BCUT2D eigenvalue weighted by atomic mass is 9.95. The van der Waals surface area contributed by atoms with Gasteiger partial charge >= 0.3 is 6.09 Å². The summed E-state index contributed by atoms with van der Waals surface area (Å²) in [5.74, 6) is 0.993. The monoisotopic (exact) mass is 597 g/mol. The number of rotatable bonds is 7. The summed E-state index contributed by atoms with van der Waals surface area (Å²) in [5, 5.41) is 6.30. The number of piperidine rings is 2. The molecule has 8 heteroatoms. The first-order valence-electron chi connectivity index (χ1n) is 15.9. The number of alkyl carbamates (subject to hydrolysis) is 1. The number of aryl methyl sites for hydroxylation is 1. The van der Waals surface area contributed by atoms with Crippen LogP contribution in [0.15, 0.2) is 60.8 Å². The maximum atomic E-state index is 13.3. The Labute approximate surface area is 262 Å². The zero-order valence-corrected chi connectivity index (χ0v) is 26.9. The van der Waals surface area contributed by atoms with Crippen molar-refractivity contribution in [1.82, 2.24) is 20.5 Å². The van der Waals surface area contributed by atoms with Gasteiger partial charge in [-0.2, -0.15) is 0 Å². The lowest BCUT2D eigenvalue weighted by Crippen LogP contribution is -2.46. The molecule has 2 aliphatic rings. The van der Waals surface area contributed by atoms with E-state index in [1.54, 1.807) is 0 Å². The normalized spacial score (nSPS) is 16.9. The molecule has 2 aliphatic heterocycles. The molecule has 234 valence electrons. The topological polar surface area (TPSA) is 86.8 Å². The molecule has 0 bridgehead atoms. The number of nitrogens with zero attached hydrogens (tertiary/aromatic N) is 3. The van der Waals surface area contributed by atoms with E-state index in [2.05, 4.69) is 69.8 Å². The van der Waals surface area contributed by atoms with Gasteiger partial charge in [0.1, 0.15) is 11.4 Å². The summed E-state index contributed by atoms with van der Waals surface area (Å²) in [6, 6.07) is 19.0. The Morgan fingerprint density at radius 3 is 2.16 bits per heavy atom. The van der Waals surface area contributed by atoms with Crippen LogP contribution in [0, 0.1) is 13.8 Å². The molecule has 0 aliphatic carbocycles. The van der Waals surface area contributed by atoms with E-state index in [1.807, 2.05) is 46.0 Å². The number of likely N-dealkylation sites (tertiary alicyclic amines) is 1. The van der Waals surface area contributed by atoms with Crippen LogP contribution in [0.3, 0.4) is 0 Å². The van der Waals surface area contributed by atoms with Gasteiger partial charge in [0, 0.05) is 56.6 Å². The largest absolute Gasteiger partial charge is 0.444 e. The van der Waals surface area contributed by atoms with Crippen LogP contribution in [0.4, 0.5) is 10.6 Å². The number of pyridine rings is 1. The Morgan fingerprint density at radius 2 is 1.52 bits per heavy atom. The summed E-state index contributed by atoms with van der Waals surface area (Å²) in [6.45, 7) is 14.2. The molecular weight excluding hydrogens is 550 g/mol. The predicted octanol–water partition coefficient (Wildman–Crippen LogP) is 6.25. The van der Waals surface area contributed by atoms with Crippen LogP contribution < -0.4 is 15.5 Å². The average molecular weight is 598 g/mol. The zero-order chi connectivity index (χ0) is 31.3. The molecule has 2 fully saturated rings. The van der Waals surface area contributed by atoms with Gasteiger partial charge in [0.05, 0.1) is 0 Å². The number of benzene rings is 2. The molecule has 2 N–H and O–H groups in total. The first kappa shape index (κ1) is 31.5. The van der Waals surface area contributed by atoms with Gasteiger partial charge in [-0.1, -0.05) is 48.0 Å². The molecule has 2 aromatic carbocycles. The second-order valence-corrected chi connectivity index (χ2v) is 13.3. The quantitative estimate of drug-likeness (QED) is 0.335. The van der Waals surface area contributed by atoms with Crippen molar-refractivity contribution in [2.24, 2.45) is 0 Å². The highest BCUT2D eigenvalue weighted by molar-refractivity contribution is 5.97. The van der Waals surface area contributed by atoms with Crippen molar-refractivity contribution in [2.75, 3.05) is 31.1 Å².